The number of carbonyl (C=O) groups is 2. The van der Waals surface area contributed by atoms with Crippen LogP contribution in [0.4, 0.5) is 15.4 Å². The van der Waals surface area contributed by atoms with E-state index in [2.05, 4.69) is 20.9 Å². The predicted octanol–water partition coefficient (Wildman–Crippen LogP) is -0.663. The van der Waals surface area contributed by atoms with Gasteiger partial charge in [-0.3, -0.25) is 4.90 Å². The molecule has 0 aliphatic heterocycles. The Morgan fingerprint density at radius 3 is 2.36 bits per heavy atom. The van der Waals surface area contributed by atoms with Gasteiger partial charge in [0.1, 0.15) is 18.0 Å². The predicted molar refractivity (Wildman–Crippen MR) is 45.2 cm³/mol. The first kappa shape index (κ1) is 10.5. The van der Waals surface area contributed by atoms with Crippen LogP contribution >= 0.6 is 15.9 Å². The minimum absolute atomic E-state index is 0.0925. The first-order valence-electron chi connectivity index (χ1n) is 3.36. The molecule has 7 heteroatoms. The number of carboxylic acid groups (broad SMARTS) is 2. The van der Waals surface area contributed by atoms with Gasteiger partial charge in [0.25, 0.3) is 0 Å². The average molecular weight is 259 g/mol. The van der Waals surface area contributed by atoms with Crippen molar-refractivity contribution in [3.8, 4) is 0 Å². The lowest BCUT2D eigenvalue weighted by molar-refractivity contribution is -0.262. The molecule has 2 amide bonds. The third-order valence-corrected chi connectivity index (χ3v) is 1.80. The second-order valence-corrected chi connectivity index (χ2v) is 3.12. The molecule has 0 aliphatic carbocycles. The highest BCUT2D eigenvalue weighted by Crippen LogP contribution is 2.16. The van der Waals surface area contributed by atoms with E-state index in [1.165, 1.54) is 18.3 Å². The topological polar surface area (TPSA) is 96.4 Å². The zero-order valence-electron chi connectivity index (χ0n) is 6.64. The lowest BCUT2D eigenvalue weighted by Gasteiger charge is -2.23. The number of amides is 2. The van der Waals surface area contributed by atoms with E-state index < -0.39 is 12.2 Å². The second-order valence-electron chi connectivity index (χ2n) is 2.20. The van der Waals surface area contributed by atoms with Crippen molar-refractivity contribution in [1.82, 2.24) is 4.98 Å². The summed E-state index contributed by atoms with van der Waals surface area (Å²) in [6.45, 7) is 0. The van der Waals surface area contributed by atoms with E-state index in [0.717, 1.165) is 0 Å². The maximum Gasteiger partial charge on any atom is 0.148 e. The molecule has 0 unspecified atom stereocenters. The van der Waals surface area contributed by atoms with Gasteiger partial charge in [0.05, 0.1) is 0 Å². The van der Waals surface area contributed by atoms with Crippen molar-refractivity contribution in [2.75, 3.05) is 4.90 Å². The molecule has 0 saturated heterocycles. The number of hydrogen-bond donors (Lipinski definition) is 0. The molecule has 1 aromatic rings. The van der Waals surface area contributed by atoms with Crippen molar-refractivity contribution < 1.29 is 19.8 Å². The molecule has 1 aromatic heterocycles. The molecule has 1 heterocycles. The maximum absolute atomic E-state index is 10.4. The van der Waals surface area contributed by atoms with E-state index in [1.54, 1.807) is 0 Å². The summed E-state index contributed by atoms with van der Waals surface area (Å²) in [5, 5.41) is 20.8. The quantitative estimate of drug-likeness (QED) is 0.666. The highest BCUT2D eigenvalue weighted by molar-refractivity contribution is 9.10. The van der Waals surface area contributed by atoms with Crippen LogP contribution in [0.3, 0.4) is 0 Å². The molecule has 1 rings (SSSR count). The molecule has 6 nitrogen and oxygen atoms in total. The van der Waals surface area contributed by atoms with Gasteiger partial charge in [-0.25, -0.2) is 4.98 Å². The van der Waals surface area contributed by atoms with E-state index >= 15 is 0 Å². The molecule has 14 heavy (non-hydrogen) atoms. The Hall–Kier alpha value is -1.63. The number of pyridine rings is 1. The fourth-order valence-corrected chi connectivity index (χ4v) is 1.10. The molecule has 0 radical (unpaired) electrons. The Labute approximate surface area is 86.9 Å². The van der Waals surface area contributed by atoms with Gasteiger partial charge in [-0.05, 0) is 12.1 Å². The summed E-state index contributed by atoms with van der Waals surface area (Å²) in [6.07, 6.45) is -2.57. The fourth-order valence-electron chi connectivity index (χ4n) is 0.777. The minimum Gasteiger partial charge on any atom is -0.529 e. The van der Waals surface area contributed by atoms with E-state index in [-0.39, 0.29) is 10.7 Å². The van der Waals surface area contributed by atoms with E-state index in [4.69, 9.17) is 0 Å². The summed E-state index contributed by atoms with van der Waals surface area (Å²) < 4.78 is 0.495. The number of carbonyl (C=O) groups excluding carboxylic acids is 2. The van der Waals surface area contributed by atoms with Crippen molar-refractivity contribution in [3.63, 3.8) is 0 Å². The van der Waals surface area contributed by atoms with Crippen LogP contribution in [0.2, 0.25) is 0 Å². The normalized spacial score (nSPS) is 9.50. The van der Waals surface area contributed by atoms with Crippen molar-refractivity contribution >= 4 is 33.9 Å². The fraction of sp³-hybridized carbons (Fsp3) is 0. The molecule has 0 N–H and O–H groups in total. The van der Waals surface area contributed by atoms with Crippen LogP contribution in [-0.4, -0.2) is 17.2 Å². The van der Waals surface area contributed by atoms with E-state index in [0.29, 0.717) is 4.47 Å². The molecule has 0 bridgehead atoms. The van der Waals surface area contributed by atoms with Crippen molar-refractivity contribution in [2.24, 2.45) is 0 Å². The molecular weight excluding hydrogens is 256 g/mol. The SMILES string of the molecule is O=C([O-])N(C(=O)[O-])c1cc(Br)ccn1. The van der Waals surface area contributed by atoms with Crippen LogP contribution in [0.1, 0.15) is 0 Å². The molecule has 0 aromatic carbocycles. The number of rotatable bonds is 1. The maximum atomic E-state index is 10.4. The van der Waals surface area contributed by atoms with Gasteiger partial charge in [0.2, 0.25) is 0 Å². The van der Waals surface area contributed by atoms with Crippen molar-refractivity contribution in [3.05, 3.63) is 22.8 Å². The smallest absolute Gasteiger partial charge is 0.148 e. The zero-order valence-corrected chi connectivity index (χ0v) is 8.22. The summed E-state index contributed by atoms with van der Waals surface area (Å²) >= 11 is 3.04. The van der Waals surface area contributed by atoms with Crippen LogP contribution in [0, 0.1) is 0 Å². The number of hydrogen-bond acceptors (Lipinski definition) is 5. The monoisotopic (exact) mass is 258 g/mol. The van der Waals surface area contributed by atoms with Gasteiger partial charge in [-0.15, -0.1) is 0 Å². The van der Waals surface area contributed by atoms with Crippen LogP contribution in [0.25, 0.3) is 0 Å². The van der Waals surface area contributed by atoms with E-state index in [9.17, 15) is 19.8 Å². The van der Waals surface area contributed by atoms with Gasteiger partial charge < -0.3 is 19.8 Å². The summed E-state index contributed by atoms with van der Waals surface area (Å²) in [6, 6.07) is 2.73. The number of halogens is 1. The summed E-state index contributed by atoms with van der Waals surface area (Å²) in [7, 11) is 0. The standard InChI is InChI=1S/C7H5BrN2O4/c8-4-1-2-9-5(3-4)10(6(11)12)7(13)14/h1-3H,(H,11,12)(H,13,14)/p-2. The Morgan fingerprint density at radius 1 is 1.36 bits per heavy atom. The van der Waals surface area contributed by atoms with Gasteiger partial charge in [-0.1, -0.05) is 15.9 Å². The highest BCUT2D eigenvalue weighted by atomic mass is 79.9. The largest absolute Gasteiger partial charge is 0.529 e. The first-order chi connectivity index (χ1) is 6.52. The van der Waals surface area contributed by atoms with Gasteiger partial charge in [0.15, 0.2) is 0 Å². The number of aromatic nitrogens is 1. The molecule has 0 aliphatic rings. The number of anilines is 1. The Morgan fingerprint density at radius 2 is 1.93 bits per heavy atom. The summed E-state index contributed by atoms with van der Waals surface area (Å²) in [5.41, 5.74) is 0. The third-order valence-electron chi connectivity index (χ3n) is 1.30. The molecule has 0 spiro atoms. The lowest BCUT2D eigenvalue weighted by Crippen LogP contribution is -2.51. The van der Waals surface area contributed by atoms with Crippen LogP contribution in [-0.2, 0) is 0 Å². The first-order valence-corrected chi connectivity index (χ1v) is 4.15. The van der Waals surface area contributed by atoms with Crippen LogP contribution < -0.4 is 15.1 Å². The third kappa shape index (κ3) is 2.19. The molecule has 0 atom stereocenters. The Kier molecular flexibility index (Phi) is 3.03. The van der Waals surface area contributed by atoms with Gasteiger partial charge in [0, 0.05) is 10.7 Å². The highest BCUT2D eigenvalue weighted by Gasteiger charge is 2.09. The van der Waals surface area contributed by atoms with Gasteiger partial charge in [-0.2, -0.15) is 0 Å². The average Bonchev–Trinajstić information content (AvgIpc) is 2.02. The van der Waals surface area contributed by atoms with Crippen molar-refractivity contribution in [2.45, 2.75) is 0 Å². The molecular formula is C7H3BrN2O4-2. The Bertz CT molecular complexity index is 368. The summed E-state index contributed by atoms with van der Waals surface area (Å²) in [5.74, 6) is -0.292. The zero-order chi connectivity index (χ0) is 10.7. The second kappa shape index (κ2) is 4.05. The molecule has 0 fully saturated rings. The summed E-state index contributed by atoms with van der Waals surface area (Å²) in [4.78, 5) is 24.2. The number of nitrogens with zero attached hydrogens (tertiary/aromatic N) is 2. The van der Waals surface area contributed by atoms with Gasteiger partial charge >= 0.3 is 0 Å². The lowest BCUT2D eigenvalue weighted by atomic mass is 10.4. The van der Waals surface area contributed by atoms with Crippen LogP contribution in [0.15, 0.2) is 22.8 Å². The van der Waals surface area contributed by atoms with Crippen LogP contribution in [0.5, 0.6) is 0 Å². The van der Waals surface area contributed by atoms with E-state index in [1.807, 2.05) is 0 Å². The Balaban J connectivity index is 3.12. The minimum atomic E-state index is -1.91. The molecule has 74 valence electrons. The van der Waals surface area contributed by atoms with Crippen molar-refractivity contribution in [1.29, 1.82) is 0 Å². The molecule has 0 saturated carbocycles. The number of imide groups is 1.